The number of sulfonamides is 1. The molecule has 3 N–H and O–H groups in total. The highest BCUT2D eigenvalue weighted by molar-refractivity contribution is 7.89. The van der Waals surface area contributed by atoms with Crippen molar-refractivity contribution in [1.82, 2.24) is 9.71 Å². The van der Waals surface area contributed by atoms with Crippen LogP contribution in [0.1, 0.15) is 20.8 Å². The maximum absolute atomic E-state index is 12.0. The SMILES string of the molecule is CCOC(C)(C)CNS(=O)(=O)c1cnccc1N. The van der Waals surface area contributed by atoms with Gasteiger partial charge < -0.3 is 10.5 Å². The topological polar surface area (TPSA) is 94.3 Å². The summed E-state index contributed by atoms with van der Waals surface area (Å²) in [5, 5.41) is 0. The molecule has 0 aliphatic carbocycles. The van der Waals surface area contributed by atoms with Gasteiger partial charge in [-0.25, -0.2) is 13.1 Å². The number of hydrogen-bond acceptors (Lipinski definition) is 5. The highest BCUT2D eigenvalue weighted by Crippen LogP contribution is 2.16. The van der Waals surface area contributed by atoms with Crippen molar-refractivity contribution in [2.24, 2.45) is 0 Å². The first kappa shape index (κ1) is 14.9. The molecule has 1 aromatic heterocycles. The summed E-state index contributed by atoms with van der Waals surface area (Å²) < 4.78 is 31.9. The minimum Gasteiger partial charge on any atom is -0.398 e. The Bertz CT molecular complexity index is 500. The van der Waals surface area contributed by atoms with E-state index in [0.717, 1.165) is 0 Å². The van der Waals surface area contributed by atoms with Crippen LogP contribution in [0, 0.1) is 0 Å². The number of hydrogen-bond donors (Lipinski definition) is 2. The summed E-state index contributed by atoms with van der Waals surface area (Å²) in [6, 6.07) is 1.45. The van der Waals surface area contributed by atoms with Crippen LogP contribution < -0.4 is 10.5 Å². The fourth-order valence-corrected chi connectivity index (χ4v) is 2.67. The van der Waals surface area contributed by atoms with Crippen molar-refractivity contribution in [2.75, 3.05) is 18.9 Å². The van der Waals surface area contributed by atoms with E-state index in [1.165, 1.54) is 18.5 Å². The van der Waals surface area contributed by atoms with Gasteiger partial charge in [0.05, 0.1) is 11.3 Å². The molecule has 1 aromatic rings. The zero-order valence-corrected chi connectivity index (χ0v) is 11.6. The molecule has 0 aliphatic heterocycles. The third-order valence-corrected chi connectivity index (χ3v) is 3.77. The molecule has 0 fully saturated rings. The van der Waals surface area contributed by atoms with Gasteiger partial charge in [-0.15, -0.1) is 0 Å². The number of nitrogen functional groups attached to an aromatic ring is 1. The molecule has 102 valence electrons. The Hall–Kier alpha value is -1.18. The molecule has 0 saturated carbocycles. The van der Waals surface area contributed by atoms with Crippen LogP contribution in [0.2, 0.25) is 0 Å². The Morgan fingerprint density at radius 3 is 2.72 bits per heavy atom. The van der Waals surface area contributed by atoms with Crippen molar-refractivity contribution in [3.63, 3.8) is 0 Å². The lowest BCUT2D eigenvalue weighted by Gasteiger charge is -2.24. The molecule has 0 saturated heterocycles. The van der Waals surface area contributed by atoms with Gasteiger partial charge in [0.15, 0.2) is 0 Å². The van der Waals surface area contributed by atoms with Crippen LogP contribution in [-0.2, 0) is 14.8 Å². The summed E-state index contributed by atoms with van der Waals surface area (Å²) in [6.45, 7) is 6.16. The molecule has 0 amide bonds. The van der Waals surface area contributed by atoms with Crippen molar-refractivity contribution in [2.45, 2.75) is 31.3 Å². The van der Waals surface area contributed by atoms with E-state index < -0.39 is 15.6 Å². The fourth-order valence-electron chi connectivity index (χ4n) is 1.40. The third kappa shape index (κ3) is 3.94. The van der Waals surface area contributed by atoms with Gasteiger partial charge >= 0.3 is 0 Å². The second-order valence-electron chi connectivity index (χ2n) is 4.43. The minimum atomic E-state index is -3.66. The normalized spacial score (nSPS) is 12.6. The number of nitrogens with two attached hydrogens (primary N) is 1. The molecule has 0 aromatic carbocycles. The molecule has 0 bridgehead atoms. The van der Waals surface area contributed by atoms with Gasteiger partial charge in [0.1, 0.15) is 4.90 Å². The molecule has 18 heavy (non-hydrogen) atoms. The Morgan fingerprint density at radius 2 is 2.17 bits per heavy atom. The molecular formula is C11H19N3O3S. The van der Waals surface area contributed by atoms with Crippen molar-refractivity contribution < 1.29 is 13.2 Å². The average molecular weight is 273 g/mol. The van der Waals surface area contributed by atoms with Gasteiger partial charge in [-0.1, -0.05) is 0 Å². The smallest absolute Gasteiger partial charge is 0.244 e. The standard InChI is InChI=1S/C11H19N3O3S/c1-4-17-11(2,3)8-14-18(15,16)10-7-13-6-5-9(10)12/h5-7,14H,4,8H2,1-3H3,(H2,12,13). The van der Waals surface area contributed by atoms with Crippen LogP contribution in [0.4, 0.5) is 5.69 Å². The number of anilines is 1. The summed E-state index contributed by atoms with van der Waals surface area (Å²) >= 11 is 0. The lowest BCUT2D eigenvalue weighted by atomic mass is 10.1. The first-order valence-corrected chi connectivity index (χ1v) is 7.10. The van der Waals surface area contributed by atoms with Gasteiger partial charge in [-0.2, -0.15) is 0 Å². The van der Waals surface area contributed by atoms with Crippen LogP contribution in [0.3, 0.4) is 0 Å². The van der Waals surface area contributed by atoms with Gasteiger partial charge in [-0.3, -0.25) is 4.98 Å². The first-order valence-electron chi connectivity index (χ1n) is 5.61. The van der Waals surface area contributed by atoms with E-state index in [4.69, 9.17) is 10.5 Å². The molecule has 1 heterocycles. The second-order valence-corrected chi connectivity index (χ2v) is 6.17. The zero-order chi connectivity index (χ0) is 13.8. The maximum Gasteiger partial charge on any atom is 0.244 e. The van der Waals surface area contributed by atoms with Crippen molar-refractivity contribution in [1.29, 1.82) is 0 Å². The Labute approximate surface area is 108 Å². The van der Waals surface area contributed by atoms with Crippen LogP contribution in [0.15, 0.2) is 23.4 Å². The monoisotopic (exact) mass is 273 g/mol. The highest BCUT2D eigenvalue weighted by Gasteiger charge is 2.23. The summed E-state index contributed by atoms with van der Waals surface area (Å²) in [5.41, 5.74) is 5.22. The van der Waals surface area contributed by atoms with Crippen molar-refractivity contribution in [3.8, 4) is 0 Å². The van der Waals surface area contributed by atoms with Crippen LogP contribution >= 0.6 is 0 Å². The molecular weight excluding hydrogens is 254 g/mol. The molecule has 0 radical (unpaired) electrons. The summed E-state index contributed by atoms with van der Waals surface area (Å²) in [6.07, 6.45) is 2.67. The summed E-state index contributed by atoms with van der Waals surface area (Å²) in [4.78, 5) is 3.75. The minimum absolute atomic E-state index is 0.0164. The Morgan fingerprint density at radius 1 is 1.50 bits per heavy atom. The lowest BCUT2D eigenvalue weighted by molar-refractivity contribution is -0.00515. The van der Waals surface area contributed by atoms with Gasteiger partial charge in [0.2, 0.25) is 10.0 Å². The van der Waals surface area contributed by atoms with E-state index in [1.807, 2.05) is 20.8 Å². The third-order valence-electron chi connectivity index (χ3n) is 2.33. The predicted octanol–water partition coefficient (Wildman–Crippen LogP) is 0.757. The van der Waals surface area contributed by atoms with Crippen LogP contribution in [0.5, 0.6) is 0 Å². The number of nitrogens with one attached hydrogen (secondary N) is 1. The molecule has 0 atom stereocenters. The van der Waals surface area contributed by atoms with E-state index in [2.05, 4.69) is 9.71 Å². The second kappa shape index (κ2) is 5.64. The average Bonchev–Trinajstić information content (AvgIpc) is 2.27. The molecule has 6 nitrogen and oxygen atoms in total. The molecule has 0 unspecified atom stereocenters. The highest BCUT2D eigenvalue weighted by atomic mass is 32.2. The zero-order valence-electron chi connectivity index (χ0n) is 10.8. The van der Waals surface area contributed by atoms with E-state index in [0.29, 0.717) is 6.61 Å². The van der Waals surface area contributed by atoms with Crippen molar-refractivity contribution >= 4 is 15.7 Å². The predicted molar refractivity (Wildman–Crippen MR) is 69.5 cm³/mol. The molecule has 0 aliphatic rings. The van der Waals surface area contributed by atoms with Crippen LogP contribution in [0.25, 0.3) is 0 Å². The van der Waals surface area contributed by atoms with Gasteiger partial charge in [-0.05, 0) is 26.8 Å². The summed E-state index contributed by atoms with van der Waals surface area (Å²) in [7, 11) is -3.66. The fraction of sp³-hybridized carbons (Fsp3) is 0.545. The van der Waals surface area contributed by atoms with Gasteiger partial charge in [0, 0.05) is 25.5 Å². The van der Waals surface area contributed by atoms with Gasteiger partial charge in [0.25, 0.3) is 0 Å². The van der Waals surface area contributed by atoms with E-state index in [9.17, 15) is 8.42 Å². The van der Waals surface area contributed by atoms with E-state index in [-0.39, 0.29) is 17.1 Å². The van der Waals surface area contributed by atoms with Crippen LogP contribution in [-0.4, -0.2) is 32.2 Å². The number of ether oxygens (including phenoxy) is 1. The van der Waals surface area contributed by atoms with E-state index >= 15 is 0 Å². The number of pyridine rings is 1. The van der Waals surface area contributed by atoms with E-state index in [1.54, 1.807) is 0 Å². The largest absolute Gasteiger partial charge is 0.398 e. The number of rotatable bonds is 6. The molecule has 7 heteroatoms. The Kier molecular flexibility index (Phi) is 4.66. The maximum atomic E-state index is 12.0. The summed E-state index contributed by atoms with van der Waals surface area (Å²) in [5.74, 6) is 0. The number of aromatic nitrogens is 1. The van der Waals surface area contributed by atoms with Crippen molar-refractivity contribution in [3.05, 3.63) is 18.5 Å². The lowest BCUT2D eigenvalue weighted by Crippen LogP contribution is -2.40. The number of nitrogens with zero attached hydrogens (tertiary/aromatic N) is 1. The first-order chi connectivity index (χ1) is 8.28. The Balaban J connectivity index is 2.81. The quantitative estimate of drug-likeness (QED) is 0.798. The molecule has 1 rings (SSSR count). The molecule has 0 spiro atoms.